The number of carbonyl (C=O) groups is 1. The Morgan fingerprint density at radius 3 is 1.70 bits per heavy atom. The maximum absolute atomic E-state index is 12.2. The molecule has 0 amide bonds. The van der Waals surface area contributed by atoms with Crippen LogP contribution in [0, 0.1) is 0 Å². The number of carbonyl (C=O) groups excluding carboxylic acids is 1. The molecule has 3 rings (SSSR count). The largest absolute Gasteiger partial charge is 0.296 e. The molecular weight excluding hydrogens is 477 g/mol. The van der Waals surface area contributed by atoms with E-state index in [1.165, 1.54) is 11.1 Å². The van der Waals surface area contributed by atoms with Crippen LogP contribution in [0.3, 0.4) is 0 Å². The van der Waals surface area contributed by atoms with Crippen molar-refractivity contribution < 1.29 is 13.2 Å². The predicted octanol–water partition coefficient (Wildman–Crippen LogP) is 5.59. The summed E-state index contributed by atoms with van der Waals surface area (Å²) in [4.78, 5) is 12.2. The van der Waals surface area contributed by atoms with Crippen LogP contribution in [0.4, 0.5) is 0 Å². The summed E-state index contributed by atoms with van der Waals surface area (Å²) in [5.41, 5.74) is 2.38. The Labute approximate surface area is 207 Å². The molecule has 33 heavy (non-hydrogen) atoms. The van der Waals surface area contributed by atoms with Gasteiger partial charge in [0.05, 0.1) is 10.8 Å². The molecule has 1 aliphatic rings. The van der Waals surface area contributed by atoms with E-state index in [0.717, 1.165) is 12.8 Å². The van der Waals surface area contributed by atoms with Crippen molar-refractivity contribution in [3.05, 3.63) is 96.1 Å². The van der Waals surface area contributed by atoms with Crippen molar-refractivity contribution in [1.82, 2.24) is 0 Å². The monoisotopic (exact) mass is 507 g/mol. The Kier molecular flexibility index (Phi) is 10.8. The average molecular weight is 509 g/mol. The fourth-order valence-corrected chi connectivity index (χ4v) is 4.46. The first-order chi connectivity index (χ1) is 15.6. The summed E-state index contributed by atoms with van der Waals surface area (Å²) in [7, 11) is -3.46. The molecule has 4 nitrogen and oxygen atoms in total. The highest BCUT2D eigenvalue weighted by atomic mass is 35.5. The zero-order valence-electron chi connectivity index (χ0n) is 18.7. The lowest BCUT2D eigenvalue weighted by atomic mass is 10.0. The molecule has 3 unspecified atom stereocenters. The summed E-state index contributed by atoms with van der Waals surface area (Å²) < 4.78 is 21.1. The average Bonchev–Trinajstić information content (AvgIpc) is 2.82. The summed E-state index contributed by atoms with van der Waals surface area (Å²) >= 11 is 12.4. The van der Waals surface area contributed by atoms with Crippen LogP contribution in [0.5, 0.6) is 0 Å². The number of rotatable bonds is 9. The highest BCUT2D eigenvalue weighted by molar-refractivity contribution is 7.90. The van der Waals surface area contributed by atoms with Crippen molar-refractivity contribution in [3.8, 4) is 0 Å². The number of primary sulfonamides is 1. The van der Waals surface area contributed by atoms with E-state index in [0.29, 0.717) is 19.3 Å². The molecule has 0 fully saturated rings. The smallest absolute Gasteiger partial charge is 0.218 e. The van der Waals surface area contributed by atoms with Gasteiger partial charge in [-0.2, -0.15) is 0 Å². The molecule has 0 radical (unpaired) electrons. The third-order valence-electron chi connectivity index (χ3n) is 5.55. The second kappa shape index (κ2) is 13.1. The Hall–Kier alpha value is -1.92. The summed E-state index contributed by atoms with van der Waals surface area (Å²) in [6.07, 6.45) is 10.2. The molecule has 0 aromatic heterocycles. The molecule has 2 aromatic carbocycles. The molecule has 0 bridgehead atoms. The fraction of sp³-hybridized carbons (Fsp3) is 0.346. The molecule has 0 aliphatic heterocycles. The molecule has 0 heterocycles. The maximum Gasteiger partial charge on any atom is 0.218 e. The lowest BCUT2D eigenvalue weighted by Crippen LogP contribution is -2.38. The number of Topliss-reactive ketones (excluding diaryl/α,β-unsaturated/α-hetero) is 1. The molecule has 0 saturated carbocycles. The van der Waals surface area contributed by atoms with Crippen molar-refractivity contribution >= 4 is 39.0 Å². The number of alkyl halides is 2. The van der Waals surface area contributed by atoms with Crippen molar-refractivity contribution in [1.29, 1.82) is 0 Å². The quantitative estimate of drug-likeness (QED) is 0.449. The van der Waals surface area contributed by atoms with Crippen LogP contribution >= 0.6 is 23.2 Å². The Balaban J connectivity index is 0.000000294. The van der Waals surface area contributed by atoms with Crippen LogP contribution in [-0.4, -0.2) is 29.7 Å². The number of sulfonamides is 1. The van der Waals surface area contributed by atoms with Gasteiger partial charge in [-0.15, -0.1) is 23.2 Å². The highest BCUT2D eigenvalue weighted by Crippen LogP contribution is 2.24. The predicted molar refractivity (Wildman–Crippen MR) is 138 cm³/mol. The lowest BCUT2D eigenvalue weighted by molar-refractivity contribution is -0.118. The van der Waals surface area contributed by atoms with Crippen LogP contribution in [-0.2, 0) is 27.7 Å². The van der Waals surface area contributed by atoms with E-state index in [9.17, 15) is 13.2 Å². The summed E-state index contributed by atoms with van der Waals surface area (Å²) in [5.74, 6) is -0.0600. The van der Waals surface area contributed by atoms with Crippen molar-refractivity contribution in [3.63, 3.8) is 0 Å². The number of aryl methyl sites for hydroxylation is 2. The third kappa shape index (κ3) is 9.09. The van der Waals surface area contributed by atoms with Gasteiger partial charge in [0, 0.05) is 0 Å². The molecule has 3 atom stereocenters. The number of hydrogen-bond acceptors (Lipinski definition) is 3. The van der Waals surface area contributed by atoms with Gasteiger partial charge in [0.1, 0.15) is 4.75 Å². The maximum atomic E-state index is 12.2. The first kappa shape index (κ1) is 27.3. The molecule has 2 aromatic rings. The van der Waals surface area contributed by atoms with Gasteiger partial charge in [0.2, 0.25) is 10.0 Å². The van der Waals surface area contributed by atoms with Crippen molar-refractivity contribution in [2.45, 2.75) is 54.5 Å². The van der Waals surface area contributed by atoms with Gasteiger partial charge < -0.3 is 0 Å². The number of nitrogens with two attached hydrogens (primary N) is 1. The Bertz CT molecular complexity index is 988. The zero-order valence-corrected chi connectivity index (χ0v) is 21.1. The Morgan fingerprint density at radius 2 is 1.36 bits per heavy atom. The van der Waals surface area contributed by atoms with E-state index in [-0.39, 0.29) is 5.78 Å². The Morgan fingerprint density at radius 1 is 0.909 bits per heavy atom. The number of allylic oxidation sites excluding steroid dienone is 3. The number of halogens is 2. The van der Waals surface area contributed by atoms with Crippen molar-refractivity contribution in [2.75, 3.05) is 0 Å². The van der Waals surface area contributed by atoms with E-state index >= 15 is 0 Å². The molecule has 7 heteroatoms. The zero-order chi connectivity index (χ0) is 24.3. The van der Waals surface area contributed by atoms with E-state index in [1.807, 2.05) is 66.7 Å². The topological polar surface area (TPSA) is 77.2 Å². The minimum atomic E-state index is -3.46. The molecule has 0 saturated heterocycles. The molecule has 1 aliphatic carbocycles. The number of ketones is 1. The van der Waals surface area contributed by atoms with E-state index in [2.05, 4.69) is 0 Å². The first-order valence-electron chi connectivity index (χ1n) is 10.9. The first-order valence-corrected chi connectivity index (χ1v) is 13.3. The fourth-order valence-electron chi connectivity index (χ4n) is 3.28. The van der Waals surface area contributed by atoms with Gasteiger partial charge in [0.25, 0.3) is 0 Å². The summed E-state index contributed by atoms with van der Waals surface area (Å²) in [6.45, 7) is 1.61. The normalized spacial score (nSPS) is 19.3. The minimum absolute atomic E-state index is 0.0600. The molecule has 178 valence electrons. The van der Waals surface area contributed by atoms with Crippen LogP contribution in [0.15, 0.2) is 85.0 Å². The molecule has 2 N–H and O–H groups in total. The van der Waals surface area contributed by atoms with Gasteiger partial charge in [-0.3, -0.25) is 4.79 Å². The van der Waals surface area contributed by atoms with Gasteiger partial charge in [-0.25, -0.2) is 13.6 Å². The number of benzene rings is 2. The van der Waals surface area contributed by atoms with Gasteiger partial charge in [0.15, 0.2) is 5.78 Å². The summed E-state index contributed by atoms with van der Waals surface area (Å²) in [5, 5.41) is 4.00. The van der Waals surface area contributed by atoms with E-state index in [1.54, 1.807) is 25.2 Å². The molecule has 0 spiro atoms. The van der Waals surface area contributed by atoms with Gasteiger partial charge in [-0.1, -0.05) is 85.0 Å². The van der Waals surface area contributed by atoms with Crippen LogP contribution in [0.1, 0.15) is 37.3 Å². The van der Waals surface area contributed by atoms with Crippen LogP contribution < -0.4 is 5.14 Å². The second-order valence-electron chi connectivity index (χ2n) is 8.24. The van der Waals surface area contributed by atoms with Gasteiger partial charge >= 0.3 is 0 Å². The minimum Gasteiger partial charge on any atom is -0.296 e. The highest BCUT2D eigenvalue weighted by Gasteiger charge is 2.33. The third-order valence-corrected chi connectivity index (χ3v) is 8.01. The SMILES string of the molecule is CC1(S(N)(=O)=O)C=CC=CC1.O=C(C(Cl)CCc1ccccc1)C(Cl)CCc1ccccc1. The van der Waals surface area contributed by atoms with Crippen LogP contribution in [0.2, 0.25) is 0 Å². The van der Waals surface area contributed by atoms with Gasteiger partial charge in [-0.05, 0) is 50.2 Å². The van der Waals surface area contributed by atoms with Crippen molar-refractivity contribution in [2.24, 2.45) is 5.14 Å². The van der Waals surface area contributed by atoms with Crippen LogP contribution in [0.25, 0.3) is 0 Å². The lowest BCUT2D eigenvalue weighted by Gasteiger charge is -2.23. The number of hydrogen-bond donors (Lipinski definition) is 1. The van der Waals surface area contributed by atoms with E-state index in [4.69, 9.17) is 28.3 Å². The standard InChI is InChI=1S/C19H20Cl2O.C7H11NO2S/c20-17(13-11-15-7-3-1-4-8-15)19(22)18(21)14-12-16-9-5-2-6-10-16;1-7(11(8,9)10)5-3-2-4-6-7/h1-10,17-18H,11-14H2;2-5H,6H2,1H3,(H2,8,9,10). The molecular formula is C26H31Cl2NO3S. The van der Waals surface area contributed by atoms with E-state index < -0.39 is 25.5 Å². The second-order valence-corrected chi connectivity index (χ2v) is 11.3. The summed E-state index contributed by atoms with van der Waals surface area (Å²) in [6, 6.07) is 20.1.